The van der Waals surface area contributed by atoms with E-state index in [4.69, 9.17) is 0 Å². The Labute approximate surface area is 143 Å². The van der Waals surface area contributed by atoms with Crippen molar-refractivity contribution in [2.24, 2.45) is 4.99 Å². The van der Waals surface area contributed by atoms with Crippen molar-refractivity contribution in [3.63, 3.8) is 0 Å². The SMILES string of the molecule is CCNC(=NCCN1CCCS1(=O)=O)N(C)CCc1cccs1. The molecule has 1 aliphatic rings. The Kier molecular flexibility index (Phi) is 6.86. The number of likely N-dealkylation sites (N-methyl/N-ethyl adjacent to an activating group) is 1. The number of nitrogens with zero attached hydrogens (tertiary/aromatic N) is 3. The van der Waals surface area contributed by atoms with Gasteiger partial charge in [0.2, 0.25) is 10.0 Å². The van der Waals surface area contributed by atoms with E-state index in [-0.39, 0.29) is 5.75 Å². The van der Waals surface area contributed by atoms with Gasteiger partial charge in [-0.1, -0.05) is 6.07 Å². The van der Waals surface area contributed by atoms with Crippen molar-refractivity contribution in [3.05, 3.63) is 22.4 Å². The molecule has 1 aliphatic heterocycles. The highest BCUT2D eigenvalue weighted by Crippen LogP contribution is 2.12. The molecule has 0 aliphatic carbocycles. The number of rotatable bonds is 7. The molecule has 1 N–H and O–H groups in total. The molecule has 0 aromatic carbocycles. The van der Waals surface area contributed by atoms with E-state index in [1.807, 2.05) is 14.0 Å². The first-order valence-corrected chi connectivity index (χ1v) is 10.5. The van der Waals surface area contributed by atoms with Crippen molar-refractivity contribution in [1.82, 2.24) is 14.5 Å². The largest absolute Gasteiger partial charge is 0.357 e. The van der Waals surface area contributed by atoms with Gasteiger partial charge in [0.25, 0.3) is 0 Å². The van der Waals surface area contributed by atoms with Crippen LogP contribution in [0.5, 0.6) is 0 Å². The van der Waals surface area contributed by atoms with Gasteiger partial charge >= 0.3 is 0 Å². The van der Waals surface area contributed by atoms with Gasteiger partial charge in [0.15, 0.2) is 5.96 Å². The minimum absolute atomic E-state index is 0.275. The third-order valence-corrected chi connectivity index (χ3v) is 6.68. The van der Waals surface area contributed by atoms with Crippen molar-refractivity contribution in [3.8, 4) is 0 Å². The van der Waals surface area contributed by atoms with E-state index in [0.29, 0.717) is 19.6 Å². The molecule has 0 bridgehead atoms. The molecular weight excluding hydrogens is 332 g/mol. The van der Waals surface area contributed by atoms with Crippen LogP contribution in [0.25, 0.3) is 0 Å². The Hall–Kier alpha value is -1.12. The Morgan fingerprint density at radius 1 is 1.52 bits per heavy atom. The highest BCUT2D eigenvalue weighted by atomic mass is 32.2. The molecule has 2 rings (SSSR count). The Morgan fingerprint density at radius 3 is 2.96 bits per heavy atom. The van der Waals surface area contributed by atoms with Crippen molar-refractivity contribution in [1.29, 1.82) is 0 Å². The van der Waals surface area contributed by atoms with E-state index in [1.54, 1.807) is 15.6 Å². The second-order valence-electron chi connectivity index (χ2n) is 5.56. The standard InChI is InChI=1S/C15H26N4O2S2/c1-3-16-15(18(2)10-7-14-6-4-12-22-14)17-8-11-19-9-5-13-23(19,20)21/h4,6,12H,3,5,7-11,13H2,1-2H3,(H,16,17). The Morgan fingerprint density at radius 2 is 2.35 bits per heavy atom. The molecule has 1 aromatic rings. The maximum atomic E-state index is 11.8. The van der Waals surface area contributed by atoms with E-state index >= 15 is 0 Å². The van der Waals surface area contributed by atoms with Crippen LogP contribution < -0.4 is 5.32 Å². The van der Waals surface area contributed by atoms with Gasteiger partial charge < -0.3 is 10.2 Å². The molecule has 1 saturated heterocycles. The summed E-state index contributed by atoms with van der Waals surface area (Å²) in [7, 11) is -1.01. The number of sulfonamides is 1. The summed E-state index contributed by atoms with van der Waals surface area (Å²) in [5.74, 6) is 1.11. The van der Waals surface area contributed by atoms with Crippen LogP contribution in [0.3, 0.4) is 0 Å². The van der Waals surface area contributed by atoms with Crippen LogP contribution in [-0.4, -0.2) is 69.1 Å². The van der Waals surface area contributed by atoms with Crippen LogP contribution in [-0.2, 0) is 16.4 Å². The molecule has 0 atom stereocenters. The van der Waals surface area contributed by atoms with Crippen LogP contribution >= 0.6 is 11.3 Å². The fourth-order valence-electron chi connectivity index (χ4n) is 2.52. The van der Waals surface area contributed by atoms with Crippen molar-refractivity contribution < 1.29 is 8.42 Å². The zero-order chi connectivity index (χ0) is 16.7. The van der Waals surface area contributed by atoms with Gasteiger partial charge in [-0.05, 0) is 31.2 Å². The van der Waals surface area contributed by atoms with Crippen LogP contribution in [0.1, 0.15) is 18.2 Å². The monoisotopic (exact) mass is 358 g/mol. The Bertz CT molecular complexity index is 599. The smallest absolute Gasteiger partial charge is 0.214 e. The summed E-state index contributed by atoms with van der Waals surface area (Å²) in [4.78, 5) is 8.03. The lowest BCUT2D eigenvalue weighted by Crippen LogP contribution is -2.40. The Balaban J connectivity index is 1.85. The lowest BCUT2D eigenvalue weighted by molar-refractivity contribution is 0.447. The average molecular weight is 359 g/mol. The highest BCUT2D eigenvalue weighted by Gasteiger charge is 2.27. The van der Waals surface area contributed by atoms with Crippen molar-refractivity contribution in [2.45, 2.75) is 19.8 Å². The molecular formula is C15H26N4O2S2. The number of hydrogen-bond donors (Lipinski definition) is 1. The normalized spacial score (nSPS) is 18.3. The molecule has 0 radical (unpaired) electrons. The second kappa shape index (κ2) is 8.65. The number of nitrogens with one attached hydrogen (secondary N) is 1. The minimum Gasteiger partial charge on any atom is -0.357 e. The first-order valence-electron chi connectivity index (χ1n) is 8.02. The minimum atomic E-state index is -3.03. The zero-order valence-electron chi connectivity index (χ0n) is 13.9. The fourth-order valence-corrected chi connectivity index (χ4v) is 4.74. The van der Waals surface area contributed by atoms with Crippen LogP contribution in [0.15, 0.2) is 22.5 Å². The molecule has 0 unspecified atom stereocenters. The maximum Gasteiger partial charge on any atom is 0.214 e. The second-order valence-corrected chi connectivity index (χ2v) is 8.68. The number of aliphatic imine (C=N–C) groups is 1. The first-order chi connectivity index (χ1) is 11.0. The topological polar surface area (TPSA) is 65.0 Å². The van der Waals surface area contributed by atoms with E-state index in [9.17, 15) is 8.42 Å². The molecule has 0 spiro atoms. The molecule has 1 aromatic heterocycles. The van der Waals surface area contributed by atoms with Gasteiger partial charge in [-0.3, -0.25) is 4.99 Å². The van der Waals surface area contributed by atoms with Crippen LogP contribution in [0.4, 0.5) is 0 Å². The number of hydrogen-bond acceptors (Lipinski definition) is 4. The van der Waals surface area contributed by atoms with Crippen molar-refractivity contribution in [2.75, 3.05) is 45.5 Å². The third kappa shape index (κ3) is 5.47. The highest BCUT2D eigenvalue weighted by molar-refractivity contribution is 7.89. The summed E-state index contributed by atoms with van der Waals surface area (Å²) in [6.45, 7) is 5.30. The lowest BCUT2D eigenvalue weighted by atomic mass is 10.3. The summed E-state index contributed by atoms with van der Waals surface area (Å²) >= 11 is 1.76. The molecule has 23 heavy (non-hydrogen) atoms. The average Bonchev–Trinajstić information content (AvgIpc) is 3.13. The summed E-state index contributed by atoms with van der Waals surface area (Å²) in [5, 5.41) is 5.36. The predicted octanol–water partition coefficient (Wildman–Crippen LogP) is 1.22. The number of guanidine groups is 1. The zero-order valence-corrected chi connectivity index (χ0v) is 15.5. The molecule has 6 nitrogen and oxygen atoms in total. The molecule has 8 heteroatoms. The third-order valence-electron chi connectivity index (χ3n) is 3.78. The van der Waals surface area contributed by atoms with Crippen LogP contribution in [0, 0.1) is 0 Å². The summed E-state index contributed by atoms with van der Waals surface area (Å²) in [6, 6.07) is 4.20. The number of thiophene rings is 1. The van der Waals surface area contributed by atoms with Gasteiger partial charge in [0, 0.05) is 38.1 Å². The van der Waals surface area contributed by atoms with Gasteiger partial charge in [-0.15, -0.1) is 11.3 Å². The molecule has 0 saturated carbocycles. The maximum absolute atomic E-state index is 11.8. The fraction of sp³-hybridized carbons (Fsp3) is 0.667. The van der Waals surface area contributed by atoms with E-state index in [2.05, 4.69) is 32.7 Å². The van der Waals surface area contributed by atoms with Crippen molar-refractivity contribution >= 4 is 27.3 Å². The van der Waals surface area contributed by atoms with Gasteiger partial charge in [-0.25, -0.2) is 12.7 Å². The molecule has 1 fully saturated rings. The first kappa shape index (κ1) is 18.2. The molecule has 0 amide bonds. The molecule has 2 heterocycles. The lowest BCUT2D eigenvalue weighted by Gasteiger charge is -2.22. The van der Waals surface area contributed by atoms with E-state index in [1.165, 1.54) is 4.88 Å². The summed E-state index contributed by atoms with van der Waals surface area (Å²) < 4.78 is 25.1. The van der Waals surface area contributed by atoms with Gasteiger partial charge in [0.1, 0.15) is 0 Å². The summed E-state index contributed by atoms with van der Waals surface area (Å²) in [6.07, 6.45) is 1.71. The van der Waals surface area contributed by atoms with Gasteiger partial charge in [0.05, 0.1) is 12.3 Å². The van der Waals surface area contributed by atoms with E-state index < -0.39 is 10.0 Å². The quantitative estimate of drug-likeness (QED) is 0.588. The van der Waals surface area contributed by atoms with Crippen LogP contribution in [0.2, 0.25) is 0 Å². The van der Waals surface area contributed by atoms with Gasteiger partial charge in [-0.2, -0.15) is 0 Å². The predicted molar refractivity (Wildman–Crippen MR) is 96.6 cm³/mol. The van der Waals surface area contributed by atoms with E-state index in [0.717, 1.165) is 31.9 Å². The summed E-state index contributed by atoms with van der Waals surface area (Å²) in [5.41, 5.74) is 0. The molecule has 130 valence electrons.